The highest BCUT2D eigenvalue weighted by Gasteiger charge is 2.55. The van der Waals surface area contributed by atoms with Crippen molar-refractivity contribution in [1.29, 1.82) is 0 Å². The van der Waals surface area contributed by atoms with Crippen LogP contribution in [-0.2, 0) is 19.0 Å². The van der Waals surface area contributed by atoms with Gasteiger partial charge < -0.3 is 24.4 Å². The standard InChI is InChI=1S/C17H28O6/c1-12(2)15(18)23-16(3,19)17(20,21-13-8-4-5-9-13)22-14-10-6-7-11-14/h13-14,19-20H,1,4-11H2,2-3H3. The van der Waals surface area contributed by atoms with Gasteiger partial charge in [0.05, 0.1) is 12.2 Å². The van der Waals surface area contributed by atoms with Gasteiger partial charge in [0.1, 0.15) is 0 Å². The van der Waals surface area contributed by atoms with Crippen LogP contribution in [0.1, 0.15) is 65.2 Å². The molecule has 2 aliphatic carbocycles. The summed E-state index contributed by atoms with van der Waals surface area (Å²) in [7, 11) is 0. The topological polar surface area (TPSA) is 85.2 Å². The molecule has 1 unspecified atom stereocenters. The van der Waals surface area contributed by atoms with Crippen molar-refractivity contribution in [3.63, 3.8) is 0 Å². The first-order chi connectivity index (χ1) is 10.7. The first-order valence-corrected chi connectivity index (χ1v) is 8.43. The highest BCUT2D eigenvalue weighted by atomic mass is 16.9. The van der Waals surface area contributed by atoms with E-state index in [1.807, 2.05) is 0 Å². The Hall–Kier alpha value is -0.950. The van der Waals surface area contributed by atoms with Crippen LogP contribution in [0.2, 0.25) is 0 Å². The van der Waals surface area contributed by atoms with E-state index < -0.39 is 17.7 Å². The zero-order chi connectivity index (χ0) is 17.1. The minimum Gasteiger partial charge on any atom is -0.421 e. The van der Waals surface area contributed by atoms with Gasteiger partial charge in [-0.3, -0.25) is 0 Å². The summed E-state index contributed by atoms with van der Waals surface area (Å²) in [5, 5.41) is 21.5. The lowest BCUT2D eigenvalue weighted by atomic mass is 10.2. The molecule has 0 bridgehead atoms. The average molecular weight is 328 g/mol. The van der Waals surface area contributed by atoms with Crippen LogP contribution in [0.25, 0.3) is 0 Å². The maximum Gasteiger partial charge on any atom is 0.350 e. The van der Waals surface area contributed by atoms with Crippen LogP contribution in [0, 0.1) is 0 Å². The predicted octanol–water partition coefficient (Wildman–Crippen LogP) is 2.38. The molecule has 6 nitrogen and oxygen atoms in total. The van der Waals surface area contributed by atoms with Crippen LogP contribution < -0.4 is 0 Å². The molecule has 2 N–H and O–H groups in total. The first-order valence-electron chi connectivity index (χ1n) is 8.43. The molecular formula is C17H28O6. The minimum absolute atomic E-state index is 0.120. The summed E-state index contributed by atoms with van der Waals surface area (Å²) in [4.78, 5) is 11.8. The third kappa shape index (κ3) is 4.53. The van der Waals surface area contributed by atoms with E-state index in [9.17, 15) is 15.0 Å². The van der Waals surface area contributed by atoms with Crippen molar-refractivity contribution in [2.75, 3.05) is 0 Å². The molecule has 2 aliphatic rings. The van der Waals surface area contributed by atoms with Crippen LogP contribution in [0.15, 0.2) is 12.2 Å². The van der Waals surface area contributed by atoms with E-state index in [0.29, 0.717) is 0 Å². The average Bonchev–Trinajstić information content (AvgIpc) is 3.11. The summed E-state index contributed by atoms with van der Waals surface area (Å²) in [5.74, 6) is -5.52. The summed E-state index contributed by atoms with van der Waals surface area (Å²) in [6, 6.07) is 0. The van der Waals surface area contributed by atoms with Gasteiger partial charge in [0.25, 0.3) is 5.79 Å². The van der Waals surface area contributed by atoms with Crippen molar-refractivity contribution >= 4 is 5.97 Å². The largest absolute Gasteiger partial charge is 0.421 e. The van der Waals surface area contributed by atoms with Gasteiger partial charge >= 0.3 is 11.9 Å². The summed E-state index contributed by atoms with van der Waals surface area (Å²) >= 11 is 0. The highest BCUT2D eigenvalue weighted by Crippen LogP contribution is 2.36. The molecule has 0 aromatic heterocycles. The quantitative estimate of drug-likeness (QED) is 0.424. The molecule has 0 aromatic rings. The molecule has 132 valence electrons. The van der Waals surface area contributed by atoms with E-state index in [1.165, 1.54) is 13.8 Å². The molecule has 2 saturated carbocycles. The molecule has 2 fully saturated rings. The fourth-order valence-corrected chi connectivity index (χ4v) is 3.04. The number of aliphatic hydroxyl groups is 2. The highest BCUT2D eigenvalue weighted by molar-refractivity contribution is 5.87. The Morgan fingerprint density at radius 3 is 1.74 bits per heavy atom. The van der Waals surface area contributed by atoms with Crippen molar-refractivity contribution in [3.05, 3.63) is 12.2 Å². The summed E-state index contributed by atoms with van der Waals surface area (Å²) in [6.07, 6.45) is 6.65. The summed E-state index contributed by atoms with van der Waals surface area (Å²) in [5.41, 5.74) is 0.120. The van der Waals surface area contributed by atoms with Gasteiger partial charge in [-0.2, -0.15) is 0 Å². The molecule has 0 aliphatic heterocycles. The maximum atomic E-state index is 11.8. The molecule has 2 rings (SSSR count). The molecule has 1 atom stereocenters. The normalized spacial score (nSPS) is 23.0. The fourth-order valence-electron chi connectivity index (χ4n) is 3.04. The van der Waals surface area contributed by atoms with E-state index in [1.54, 1.807) is 0 Å². The molecule has 0 radical (unpaired) electrons. The van der Waals surface area contributed by atoms with Crippen LogP contribution in [0.5, 0.6) is 0 Å². The van der Waals surface area contributed by atoms with E-state index in [4.69, 9.17) is 14.2 Å². The Morgan fingerprint density at radius 1 is 1.00 bits per heavy atom. The lowest BCUT2D eigenvalue weighted by molar-refractivity contribution is -0.482. The van der Waals surface area contributed by atoms with Gasteiger partial charge in [-0.25, -0.2) is 4.79 Å². The summed E-state index contributed by atoms with van der Waals surface area (Å²) in [6.45, 7) is 6.12. The van der Waals surface area contributed by atoms with E-state index >= 15 is 0 Å². The van der Waals surface area contributed by atoms with Gasteiger partial charge in [0.2, 0.25) is 0 Å². The number of esters is 1. The molecular weight excluding hydrogens is 300 g/mol. The Morgan fingerprint density at radius 2 is 1.39 bits per heavy atom. The zero-order valence-corrected chi connectivity index (χ0v) is 14.0. The number of hydrogen-bond acceptors (Lipinski definition) is 6. The first kappa shape index (κ1) is 18.4. The number of carbonyl (C=O) groups is 1. The van der Waals surface area contributed by atoms with Crippen molar-refractivity contribution < 1.29 is 29.2 Å². The van der Waals surface area contributed by atoms with E-state index in [0.717, 1.165) is 51.4 Å². The Labute approximate surface area is 137 Å². The Kier molecular flexibility index (Phi) is 5.84. The number of rotatable bonds is 7. The second kappa shape index (κ2) is 7.30. The van der Waals surface area contributed by atoms with E-state index in [-0.39, 0.29) is 17.8 Å². The van der Waals surface area contributed by atoms with E-state index in [2.05, 4.69) is 6.58 Å². The van der Waals surface area contributed by atoms with Crippen molar-refractivity contribution in [3.8, 4) is 0 Å². The maximum absolute atomic E-state index is 11.8. The third-order valence-corrected chi connectivity index (χ3v) is 4.48. The van der Waals surface area contributed by atoms with Crippen LogP contribution >= 0.6 is 0 Å². The molecule has 6 heteroatoms. The van der Waals surface area contributed by atoms with Gasteiger partial charge in [0.15, 0.2) is 0 Å². The predicted molar refractivity (Wildman–Crippen MR) is 83.2 cm³/mol. The Balaban J connectivity index is 2.15. The molecule has 0 saturated heterocycles. The second-order valence-electron chi connectivity index (χ2n) is 6.78. The van der Waals surface area contributed by atoms with Crippen molar-refractivity contribution in [1.82, 2.24) is 0 Å². The van der Waals surface area contributed by atoms with Gasteiger partial charge in [-0.1, -0.05) is 32.3 Å². The molecule has 0 amide bonds. The minimum atomic E-state index is -2.39. The molecule has 23 heavy (non-hydrogen) atoms. The molecule has 0 spiro atoms. The number of ether oxygens (including phenoxy) is 3. The molecule has 0 aromatic carbocycles. The zero-order valence-electron chi connectivity index (χ0n) is 14.0. The fraction of sp³-hybridized carbons (Fsp3) is 0.824. The number of carbonyl (C=O) groups excluding carboxylic acids is 1. The molecule has 0 heterocycles. The third-order valence-electron chi connectivity index (χ3n) is 4.48. The lowest BCUT2D eigenvalue weighted by Crippen LogP contribution is -2.60. The van der Waals surface area contributed by atoms with Gasteiger partial charge in [-0.05, 0) is 32.6 Å². The SMILES string of the molecule is C=C(C)C(=O)OC(C)(O)C(O)(OC1CCCC1)OC1CCCC1. The number of hydrogen-bond donors (Lipinski definition) is 2. The smallest absolute Gasteiger partial charge is 0.350 e. The van der Waals surface area contributed by atoms with Crippen molar-refractivity contribution in [2.24, 2.45) is 0 Å². The summed E-state index contributed by atoms with van der Waals surface area (Å²) < 4.78 is 16.4. The van der Waals surface area contributed by atoms with Crippen LogP contribution in [0.4, 0.5) is 0 Å². The lowest BCUT2D eigenvalue weighted by Gasteiger charge is -2.41. The van der Waals surface area contributed by atoms with Crippen LogP contribution in [0.3, 0.4) is 0 Å². The Bertz CT molecular complexity index is 414. The second-order valence-corrected chi connectivity index (χ2v) is 6.78. The van der Waals surface area contributed by atoms with Crippen LogP contribution in [-0.4, -0.2) is 40.2 Å². The van der Waals surface area contributed by atoms with Gasteiger partial charge in [-0.15, -0.1) is 0 Å². The monoisotopic (exact) mass is 328 g/mol. The van der Waals surface area contributed by atoms with Gasteiger partial charge in [0, 0.05) is 12.5 Å². The van der Waals surface area contributed by atoms with Crippen molar-refractivity contribution in [2.45, 2.75) is 89.2 Å².